The number of alkyl carbamates (subject to hydrolysis) is 1. The number of halogens is 1. The van der Waals surface area contributed by atoms with Crippen LogP contribution in [0.4, 0.5) is 14.9 Å². The maximum absolute atomic E-state index is 14.2. The molecule has 1 fully saturated rings. The number of benzene rings is 1. The molecular formula is C15H22FN3O2. The molecule has 1 aromatic carbocycles. The van der Waals surface area contributed by atoms with Crippen LogP contribution in [0, 0.1) is 5.82 Å². The fraction of sp³-hybridized carbons (Fsp3) is 0.533. The summed E-state index contributed by atoms with van der Waals surface area (Å²) < 4.78 is 18.8. The fourth-order valence-corrected chi connectivity index (χ4v) is 2.51. The van der Waals surface area contributed by atoms with Crippen molar-refractivity contribution in [1.82, 2.24) is 10.6 Å². The average molecular weight is 295 g/mol. The second kappa shape index (κ2) is 7.26. The van der Waals surface area contributed by atoms with E-state index in [4.69, 9.17) is 0 Å². The molecule has 0 spiro atoms. The highest BCUT2D eigenvalue weighted by Gasteiger charge is 2.25. The molecule has 1 saturated heterocycles. The van der Waals surface area contributed by atoms with E-state index >= 15 is 0 Å². The summed E-state index contributed by atoms with van der Waals surface area (Å²) >= 11 is 0. The van der Waals surface area contributed by atoms with Crippen LogP contribution in [-0.2, 0) is 11.3 Å². The molecule has 1 amide bonds. The highest BCUT2D eigenvalue weighted by Crippen LogP contribution is 2.24. The normalized spacial score (nSPS) is 17.9. The lowest BCUT2D eigenvalue weighted by atomic mass is 10.2. The largest absolute Gasteiger partial charge is 0.453 e. The number of amides is 1. The van der Waals surface area contributed by atoms with Gasteiger partial charge in [0.2, 0.25) is 0 Å². The second-order valence-corrected chi connectivity index (χ2v) is 5.13. The van der Waals surface area contributed by atoms with Crippen LogP contribution in [0.25, 0.3) is 0 Å². The van der Waals surface area contributed by atoms with Crippen molar-refractivity contribution in [1.29, 1.82) is 0 Å². The minimum atomic E-state index is -0.441. The van der Waals surface area contributed by atoms with Gasteiger partial charge in [0, 0.05) is 19.6 Å². The summed E-state index contributed by atoms with van der Waals surface area (Å²) in [5.74, 6) is -0.218. The van der Waals surface area contributed by atoms with E-state index in [2.05, 4.69) is 15.4 Å². The van der Waals surface area contributed by atoms with Gasteiger partial charge in [0.15, 0.2) is 0 Å². The molecule has 1 unspecified atom stereocenters. The Morgan fingerprint density at radius 2 is 2.33 bits per heavy atom. The topological polar surface area (TPSA) is 53.6 Å². The number of methoxy groups -OCH3 is 1. The summed E-state index contributed by atoms with van der Waals surface area (Å²) in [6.07, 6.45) is 0.344. The molecule has 0 aliphatic carbocycles. The minimum absolute atomic E-state index is 0.00159. The molecule has 1 aliphatic heterocycles. The van der Waals surface area contributed by atoms with Gasteiger partial charge < -0.3 is 20.3 Å². The Balaban J connectivity index is 1.98. The first kappa shape index (κ1) is 15.6. The van der Waals surface area contributed by atoms with Crippen LogP contribution >= 0.6 is 0 Å². The lowest BCUT2D eigenvalue weighted by molar-refractivity contribution is 0.167. The zero-order chi connectivity index (χ0) is 15.2. The van der Waals surface area contributed by atoms with Crippen molar-refractivity contribution in [3.05, 3.63) is 29.6 Å². The Bertz CT molecular complexity index is 496. The lowest BCUT2D eigenvalue weighted by Crippen LogP contribution is -2.37. The highest BCUT2D eigenvalue weighted by molar-refractivity contribution is 5.67. The van der Waals surface area contributed by atoms with Crippen molar-refractivity contribution >= 4 is 11.8 Å². The van der Waals surface area contributed by atoms with E-state index in [-0.39, 0.29) is 11.9 Å². The predicted molar refractivity (Wildman–Crippen MR) is 79.9 cm³/mol. The third-order valence-corrected chi connectivity index (χ3v) is 3.63. The van der Waals surface area contributed by atoms with Crippen LogP contribution in [0.15, 0.2) is 18.2 Å². The highest BCUT2D eigenvalue weighted by atomic mass is 19.1. The quantitative estimate of drug-likeness (QED) is 0.871. The van der Waals surface area contributed by atoms with Gasteiger partial charge in [-0.2, -0.15) is 0 Å². The fourth-order valence-electron chi connectivity index (χ4n) is 2.51. The number of nitrogens with zero attached hydrogens (tertiary/aromatic N) is 1. The van der Waals surface area contributed by atoms with Crippen molar-refractivity contribution in [2.24, 2.45) is 0 Å². The van der Waals surface area contributed by atoms with Gasteiger partial charge in [-0.3, -0.25) is 0 Å². The van der Waals surface area contributed by atoms with Gasteiger partial charge in [-0.15, -0.1) is 0 Å². The number of hydrogen-bond acceptors (Lipinski definition) is 4. The van der Waals surface area contributed by atoms with E-state index in [1.54, 1.807) is 6.07 Å². The first-order chi connectivity index (χ1) is 10.1. The Morgan fingerprint density at radius 1 is 1.52 bits per heavy atom. The standard InChI is InChI=1S/C15H22FN3O2/c1-3-17-9-11-4-5-14(13(16)8-11)19-7-6-12(10-19)18-15(20)21-2/h4-5,8,12,17H,3,6-7,9-10H2,1-2H3,(H,18,20). The zero-order valence-electron chi connectivity index (χ0n) is 12.5. The summed E-state index contributed by atoms with van der Waals surface area (Å²) in [5.41, 5.74) is 1.52. The Morgan fingerprint density at radius 3 is 3.00 bits per heavy atom. The SMILES string of the molecule is CCNCc1ccc(N2CCC(NC(=O)OC)C2)c(F)c1. The molecule has 2 rings (SSSR count). The molecule has 5 nitrogen and oxygen atoms in total. The number of rotatable bonds is 5. The predicted octanol–water partition coefficient (Wildman–Crippen LogP) is 1.87. The molecule has 21 heavy (non-hydrogen) atoms. The van der Waals surface area contributed by atoms with Crippen LogP contribution < -0.4 is 15.5 Å². The van der Waals surface area contributed by atoms with Gasteiger partial charge in [0.25, 0.3) is 0 Å². The number of anilines is 1. The third kappa shape index (κ3) is 4.07. The molecule has 1 aliphatic rings. The summed E-state index contributed by atoms with van der Waals surface area (Å²) in [6, 6.07) is 5.31. The second-order valence-electron chi connectivity index (χ2n) is 5.13. The third-order valence-electron chi connectivity index (χ3n) is 3.63. The molecule has 0 radical (unpaired) electrons. The van der Waals surface area contributed by atoms with Crippen molar-refractivity contribution in [2.75, 3.05) is 31.6 Å². The van der Waals surface area contributed by atoms with E-state index in [9.17, 15) is 9.18 Å². The van der Waals surface area contributed by atoms with E-state index in [0.29, 0.717) is 18.8 Å². The minimum Gasteiger partial charge on any atom is -0.453 e. The first-order valence-corrected chi connectivity index (χ1v) is 7.22. The van der Waals surface area contributed by atoms with Crippen molar-refractivity contribution < 1.29 is 13.9 Å². The molecule has 116 valence electrons. The van der Waals surface area contributed by atoms with Crippen LogP contribution in [0.2, 0.25) is 0 Å². The van der Waals surface area contributed by atoms with Crippen LogP contribution in [0.3, 0.4) is 0 Å². The first-order valence-electron chi connectivity index (χ1n) is 7.22. The zero-order valence-corrected chi connectivity index (χ0v) is 12.5. The van der Waals surface area contributed by atoms with Gasteiger partial charge >= 0.3 is 6.09 Å². The van der Waals surface area contributed by atoms with Gasteiger partial charge in [0.05, 0.1) is 18.8 Å². The smallest absolute Gasteiger partial charge is 0.407 e. The lowest BCUT2D eigenvalue weighted by Gasteiger charge is -2.20. The monoisotopic (exact) mass is 295 g/mol. The summed E-state index contributed by atoms with van der Waals surface area (Å²) in [4.78, 5) is 13.1. The van der Waals surface area contributed by atoms with Gasteiger partial charge in [-0.05, 0) is 30.7 Å². The van der Waals surface area contributed by atoms with Gasteiger partial charge in [-0.25, -0.2) is 9.18 Å². The number of nitrogens with one attached hydrogen (secondary N) is 2. The van der Waals surface area contributed by atoms with Crippen molar-refractivity contribution in [3.8, 4) is 0 Å². The van der Waals surface area contributed by atoms with Crippen LogP contribution in [0.1, 0.15) is 18.9 Å². The molecule has 0 saturated carbocycles. The van der Waals surface area contributed by atoms with E-state index < -0.39 is 6.09 Å². The van der Waals surface area contributed by atoms with E-state index in [0.717, 1.165) is 25.1 Å². The number of carbonyl (C=O) groups is 1. The molecule has 0 bridgehead atoms. The molecule has 0 aromatic heterocycles. The molecule has 1 atom stereocenters. The van der Waals surface area contributed by atoms with Crippen molar-refractivity contribution in [3.63, 3.8) is 0 Å². The van der Waals surface area contributed by atoms with Crippen molar-refractivity contribution in [2.45, 2.75) is 25.9 Å². The number of carbonyl (C=O) groups excluding carboxylic acids is 1. The molecular weight excluding hydrogens is 273 g/mol. The van der Waals surface area contributed by atoms with Crippen LogP contribution in [0.5, 0.6) is 0 Å². The van der Waals surface area contributed by atoms with Gasteiger partial charge in [-0.1, -0.05) is 13.0 Å². The van der Waals surface area contributed by atoms with Gasteiger partial charge in [0.1, 0.15) is 5.82 Å². The maximum atomic E-state index is 14.2. The molecule has 1 aromatic rings. The van der Waals surface area contributed by atoms with Crippen LogP contribution in [-0.4, -0.2) is 38.9 Å². The maximum Gasteiger partial charge on any atom is 0.407 e. The number of hydrogen-bond donors (Lipinski definition) is 2. The molecule has 2 N–H and O–H groups in total. The Hall–Kier alpha value is -1.82. The summed E-state index contributed by atoms with van der Waals surface area (Å²) in [6.45, 7) is 4.86. The van der Waals surface area contributed by atoms with E-state index in [1.807, 2.05) is 24.0 Å². The Labute approximate surface area is 124 Å². The Kier molecular flexibility index (Phi) is 5.38. The number of ether oxygens (including phenoxy) is 1. The summed E-state index contributed by atoms with van der Waals surface area (Å²) in [7, 11) is 1.34. The molecule has 6 heteroatoms. The summed E-state index contributed by atoms with van der Waals surface area (Å²) in [5, 5.41) is 5.93. The molecule has 1 heterocycles. The van der Waals surface area contributed by atoms with E-state index in [1.165, 1.54) is 7.11 Å². The average Bonchev–Trinajstić information content (AvgIpc) is 2.93.